The summed E-state index contributed by atoms with van der Waals surface area (Å²) in [7, 11) is 1.73. The molecular formula is C18H31NOS. The van der Waals surface area contributed by atoms with E-state index in [0.29, 0.717) is 11.8 Å². The molecule has 1 unspecified atom stereocenters. The zero-order valence-electron chi connectivity index (χ0n) is 14.0. The molecule has 0 aliphatic rings. The highest BCUT2D eigenvalue weighted by Gasteiger charge is 2.10. The highest BCUT2D eigenvalue weighted by atomic mass is 32.2. The van der Waals surface area contributed by atoms with Gasteiger partial charge in [0.05, 0.1) is 7.11 Å². The maximum absolute atomic E-state index is 5.33. The Morgan fingerprint density at radius 3 is 2.71 bits per heavy atom. The van der Waals surface area contributed by atoms with Gasteiger partial charge < -0.3 is 10.1 Å². The quantitative estimate of drug-likeness (QED) is 0.618. The normalized spacial score (nSPS) is 12.6. The molecule has 2 nitrogen and oxygen atoms in total. The van der Waals surface area contributed by atoms with Gasteiger partial charge in [-0.2, -0.15) is 11.8 Å². The number of hydrogen-bond acceptors (Lipinski definition) is 3. The molecule has 1 atom stereocenters. The largest absolute Gasteiger partial charge is 0.497 e. The van der Waals surface area contributed by atoms with Crippen LogP contribution in [0.1, 0.15) is 32.8 Å². The average Bonchev–Trinajstić information content (AvgIpc) is 2.47. The molecule has 1 aromatic rings. The van der Waals surface area contributed by atoms with Crippen LogP contribution in [0.15, 0.2) is 24.3 Å². The first kappa shape index (κ1) is 18.4. The van der Waals surface area contributed by atoms with Crippen molar-refractivity contribution in [3.63, 3.8) is 0 Å². The van der Waals surface area contributed by atoms with Gasteiger partial charge in [0.25, 0.3) is 0 Å². The van der Waals surface area contributed by atoms with E-state index in [4.69, 9.17) is 4.74 Å². The molecule has 0 amide bonds. The van der Waals surface area contributed by atoms with Crippen molar-refractivity contribution < 1.29 is 4.74 Å². The Bertz CT molecular complexity index is 381. The molecule has 0 saturated carbocycles. The number of rotatable bonds is 11. The molecule has 0 aromatic heterocycles. The van der Waals surface area contributed by atoms with Gasteiger partial charge in [-0.25, -0.2) is 0 Å². The molecule has 3 heteroatoms. The standard InChI is InChI=1S/C18H31NOS/c1-5-21-10-9-17(14-19-13-15(2)3)11-16-7-6-8-18(12-16)20-4/h6-8,12,15,17,19H,5,9-11,13-14H2,1-4H3. The van der Waals surface area contributed by atoms with Crippen LogP contribution in [0.3, 0.4) is 0 Å². The first-order chi connectivity index (χ1) is 10.2. The first-order valence-corrected chi connectivity index (χ1v) is 9.22. The lowest BCUT2D eigenvalue weighted by atomic mass is 9.96. The summed E-state index contributed by atoms with van der Waals surface area (Å²) in [4.78, 5) is 0. The molecule has 1 aromatic carbocycles. The van der Waals surface area contributed by atoms with Crippen LogP contribution in [0.4, 0.5) is 0 Å². The smallest absolute Gasteiger partial charge is 0.119 e. The molecule has 0 aliphatic carbocycles. The van der Waals surface area contributed by atoms with E-state index in [2.05, 4.69) is 44.3 Å². The van der Waals surface area contributed by atoms with Crippen molar-refractivity contribution in [3.8, 4) is 5.75 Å². The summed E-state index contributed by atoms with van der Waals surface area (Å²) in [5.74, 6) is 4.85. The predicted octanol–water partition coefficient (Wildman–Crippen LogP) is 4.24. The molecular weight excluding hydrogens is 278 g/mol. The second kappa shape index (κ2) is 11.0. The third kappa shape index (κ3) is 8.37. The van der Waals surface area contributed by atoms with Crippen molar-refractivity contribution in [2.45, 2.75) is 33.6 Å². The molecule has 0 bridgehead atoms. The van der Waals surface area contributed by atoms with Crippen molar-refractivity contribution in [1.82, 2.24) is 5.32 Å². The predicted molar refractivity (Wildman–Crippen MR) is 95.5 cm³/mol. The maximum Gasteiger partial charge on any atom is 0.119 e. The van der Waals surface area contributed by atoms with Crippen molar-refractivity contribution in [1.29, 1.82) is 0 Å². The SMILES string of the molecule is CCSCCC(CNCC(C)C)Cc1cccc(OC)c1. The van der Waals surface area contributed by atoms with Crippen LogP contribution in [-0.4, -0.2) is 31.7 Å². The van der Waals surface area contributed by atoms with Crippen LogP contribution in [0.5, 0.6) is 5.75 Å². The lowest BCUT2D eigenvalue weighted by Crippen LogP contribution is -2.28. The van der Waals surface area contributed by atoms with Crippen molar-refractivity contribution in [2.75, 3.05) is 31.7 Å². The Kier molecular flexibility index (Phi) is 9.60. The Morgan fingerprint density at radius 1 is 1.24 bits per heavy atom. The number of nitrogens with one attached hydrogen (secondary N) is 1. The highest BCUT2D eigenvalue weighted by Crippen LogP contribution is 2.19. The van der Waals surface area contributed by atoms with Crippen LogP contribution in [-0.2, 0) is 6.42 Å². The summed E-state index contributed by atoms with van der Waals surface area (Å²) in [5, 5.41) is 3.62. The minimum Gasteiger partial charge on any atom is -0.497 e. The zero-order valence-corrected chi connectivity index (χ0v) is 14.8. The van der Waals surface area contributed by atoms with Gasteiger partial charge in [0.2, 0.25) is 0 Å². The van der Waals surface area contributed by atoms with E-state index >= 15 is 0 Å². The lowest BCUT2D eigenvalue weighted by molar-refractivity contribution is 0.412. The summed E-state index contributed by atoms with van der Waals surface area (Å²) in [6.07, 6.45) is 2.41. The molecule has 0 saturated heterocycles. The van der Waals surface area contributed by atoms with Gasteiger partial charge in [0.15, 0.2) is 0 Å². The van der Waals surface area contributed by atoms with Crippen molar-refractivity contribution >= 4 is 11.8 Å². The van der Waals surface area contributed by atoms with E-state index < -0.39 is 0 Å². The lowest BCUT2D eigenvalue weighted by Gasteiger charge is -2.19. The molecule has 21 heavy (non-hydrogen) atoms. The number of benzene rings is 1. The summed E-state index contributed by atoms with van der Waals surface area (Å²) >= 11 is 2.04. The second-order valence-electron chi connectivity index (χ2n) is 5.96. The van der Waals surface area contributed by atoms with Crippen molar-refractivity contribution in [2.24, 2.45) is 11.8 Å². The van der Waals surface area contributed by atoms with E-state index in [9.17, 15) is 0 Å². The number of ether oxygens (including phenoxy) is 1. The molecule has 0 aliphatic heterocycles. The highest BCUT2D eigenvalue weighted by molar-refractivity contribution is 7.99. The summed E-state index contributed by atoms with van der Waals surface area (Å²) in [6, 6.07) is 8.49. The fraction of sp³-hybridized carbons (Fsp3) is 0.667. The number of methoxy groups -OCH3 is 1. The third-order valence-corrected chi connectivity index (χ3v) is 4.45. The van der Waals surface area contributed by atoms with Crippen molar-refractivity contribution in [3.05, 3.63) is 29.8 Å². The Morgan fingerprint density at radius 2 is 2.05 bits per heavy atom. The second-order valence-corrected chi connectivity index (χ2v) is 7.35. The molecule has 1 N–H and O–H groups in total. The Labute approximate surface area is 135 Å². The number of hydrogen-bond donors (Lipinski definition) is 1. The van der Waals surface area contributed by atoms with Crippen LogP contribution in [0.2, 0.25) is 0 Å². The maximum atomic E-state index is 5.33. The van der Waals surface area contributed by atoms with Gasteiger partial charge in [-0.05, 0) is 67.0 Å². The molecule has 0 fully saturated rings. The minimum absolute atomic E-state index is 0.704. The van der Waals surface area contributed by atoms with Gasteiger partial charge in [-0.15, -0.1) is 0 Å². The third-order valence-electron chi connectivity index (χ3n) is 3.52. The van der Waals surface area contributed by atoms with Gasteiger partial charge in [0.1, 0.15) is 5.75 Å². The first-order valence-electron chi connectivity index (χ1n) is 8.07. The van der Waals surface area contributed by atoms with Gasteiger partial charge in [0, 0.05) is 0 Å². The fourth-order valence-corrected chi connectivity index (χ4v) is 3.17. The van der Waals surface area contributed by atoms with E-state index in [-0.39, 0.29) is 0 Å². The average molecular weight is 310 g/mol. The van der Waals surface area contributed by atoms with Crippen LogP contribution in [0.25, 0.3) is 0 Å². The van der Waals surface area contributed by atoms with Gasteiger partial charge in [-0.3, -0.25) is 0 Å². The van der Waals surface area contributed by atoms with E-state index in [0.717, 1.165) is 25.3 Å². The summed E-state index contributed by atoms with van der Waals surface area (Å²) < 4.78 is 5.33. The summed E-state index contributed by atoms with van der Waals surface area (Å²) in [5.41, 5.74) is 1.38. The van der Waals surface area contributed by atoms with Crippen LogP contribution in [0, 0.1) is 11.8 Å². The van der Waals surface area contributed by atoms with E-state index in [1.54, 1.807) is 7.11 Å². The van der Waals surface area contributed by atoms with Crippen LogP contribution < -0.4 is 10.1 Å². The van der Waals surface area contributed by atoms with E-state index in [1.165, 1.54) is 23.5 Å². The molecule has 0 spiro atoms. The Hall–Kier alpha value is -0.670. The fourth-order valence-electron chi connectivity index (χ4n) is 2.38. The Balaban J connectivity index is 2.52. The van der Waals surface area contributed by atoms with E-state index in [1.807, 2.05) is 17.8 Å². The van der Waals surface area contributed by atoms with Crippen LogP contribution >= 0.6 is 11.8 Å². The summed E-state index contributed by atoms with van der Waals surface area (Å²) in [6.45, 7) is 8.97. The number of thioether (sulfide) groups is 1. The van der Waals surface area contributed by atoms with Gasteiger partial charge in [-0.1, -0.05) is 32.9 Å². The molecule has 1 rings (SSSR count). The van der Waals surface area contributed by atoms with Gasteiger partial charge >= 0.3 is 0 Å². The topological polar surface area (TPSA) is 21.3 Å². The zero-order chi connectivity index (χ0) is 15.5. The molecule has 0 heterocycles. The minimum atomic E-state index is 0.704. The molecule has 0 radical (unpaired) electrons. The molecule has 120 valence electrons. The monoisotopic (exact) mass is 309 g/mol.